The van der Waals surface area contributed by atoms with Crippen molar-refractivity contribution in [2.75, 3.05) is 39.0 Å². The van der Waals surface area contributed by atoms with Crippen LogP contribution in [0.1, 0.15) is 6.92 Å². The maximum atomic E-state index is 6.15. The summed E-state index contributed by atoms with van der Waals surface area (Å²) in [5, 5.41) is 0. The molecule has 0 amide bonds. The lowest BCUT2D eigenvalue weighted by Crippen LogP contribution is -2.42. The van der Waals surface area contributed by atoms with E-state index in [1.54, 1.807) is 0 Å². The van der Waals surface area contributed by atoms with Gasteiger partial charge in [0.2, 0.25) is 0 Å². The van der Waals surface area contributed by atoms with Gasteiger partial charge in [-0.3, -0.25) is 0 Å². The van der Waals surface area contributed by atoms with E-state index in [-0.39, 0.29) is 21.4 Å². The van der Waals surface area contributed by atoms with Crippen LogP contribution in [0, 0.1) is 0 Å². The lowest BCUT2D eigenvalue weighted by atomic mass is 10.1. The molecule has 3 heteroatoms. The Morgan fingerprint density at radius 3 is 1.45 bits per heavy atom. The summed E-state index contributed by atoms with van der Waals surface area (Å²) in [5.74, 6) is 0. The van der Waals surface area contributed by atoms with Crippen molar-refractivity contribution in [3.8, 4) is 0 Å². The fraction of sp³-hybridized carbons (Fsp3) is 1.00. The van der Waals surface area contributed by atoms with E-state index in [4.69, 9.17) is 5.73 Å². The van der Waals surface area contributed by atoms with E-state index in [0.29, 0.717) is 0 Å². The highest BCUT2D eigenvalue weighted by Gasteiger charge is 2.20. The molecule has 0 aromatic carbocycles. The van der Waals surface area contributed by atoms with E-state index in [1.807, 2.05) is 0 Å². The molecular formula is C8H21NP2. The van der Waals surface area contributed by atoms with Gasteiger partial charge in [0.1, 0.15) is 0 Å². The van der Waals surface area contributed by atoms with Crippen LogP contribution in [0.15, 0.2) is 0 Å². The average Bonchev–Trinajstić information content (AvgIpc) is 1.53. The zero-order valence-electron chi connectivity index (χ0n) is 8.39. The van der Waals surface area contributed by atoms with Gasteiger partial charge in [0.25, 0.3) is 0 Å². The van der Waals surface area contributed by atoms with Crippen LogP contribution in [0.5, 0.6) is 0 Å². The van der Waals surface area contributed by atoms with Crippen LogP contribution in [0.3, 0.4) is 0 Å². The molecule has 0 saturated carbocycles. The van der Waals surface area contributed by atoms with E-state index < -0.39 is 0 Å². The minimum absolute atomic E-state index is 0.102. The second kappa shape index (κ2) is 4.75. The Labute approximate surface area is 73.6 Å². The quantitative estimate of drug-likeness (QED) is 0.680. The molecule has 0 radical (unpaired) electrons. The average molecular weight is 193 g/mol. The van der Waals surface area contributed by atoms with Crippen molar-refractivity contribution in [2.24, 2.45) is 5.73 Å². The monoisotopic (exact) mass is 193 g/mol. The first-order chi connectivity index (χ1) is 4.83. The molecule has 0 unspecified atom stereocenters. The van der Waals surface area contributed by atoms with Crippen LogP contribution < -0.4 is 5.73 Å². The molecule has 2 N–H and O–H groups in total. The van der Waals surface area contributed by atoms with Crippen LogP contribution in [-0.4, -0.2) is 44.5 Å². The first kappa shape index (κ1) is 11.8. The number of hydrogen-bond donors (Lipinski definition) is 1. The van der Waals surface area contributed by atoms with E-state index in [1.165, 1.54) is 12.3 Å². The largest absolute Gasteiger partial charge is 0.325 e. The summed E-state index contributed by atoms with van der Waals surface area (Å²) in [7, 11) is 0.333. The summed E-state index contributed by atoms with van der Waals surface area (Å²) in [6, 6.07) is 0. The fourth-order valence-electron chi connectivity index (χ4n) is 1.49. The molecule has 0 fully saturated rings. The summed E-state index contributed by atoms with van der Waals surface area (Å²) in [6.07, 6.45) is 2.42. The Morgan fingerprint density at radius 2 is 1.27 bits per heavy atom. The zero-order valence-corrected chi connectivity index (χ0v) is 10.2. The lowest BCUT2D eigenvalue weighted by molar-refractivity contribution is 0.596. The van der Waals surface area contributed by atoms with Gasteiger partial charge < -0.3 is 5.73 Å². The lowest BCUT2D eigenvalue weighted by Gasteiger charge is -2.28. The van der Waals surface area contributed by atoms with Crippen LogP contribution in [-0.2, 0) is 0 Å². The second-order valence-electron chi connectivity index (χ2n) is 4.13. The normalized spacial score (nSPS) is 13.1. The van der Waals surface area contributed by atoms with Crippen molar-refractivity contribution in [3.05, 3.63) is 0 Å². The predicted molar refractivity (Wildman–Crippen MR) is 59.9 cm³/mol. The third-order valence-electron chi connectivity index (χ3n) is 1.35. The summed E-state index contributed by atoms with van der Waals surface area (Å²) >= 11 is 0. The Morgan fingerprint density at radius 1 is 1.00 bits per heavy atom. The van der Waals surface area contributed by atoms with Crippen molar-refractivity contribution in [1.82, 2.24) is 0 Å². The standard InChI is InChI=1S/C8H21NP2/c1-8(9,6-10(2)3)7-11(4)5/h6-7,9H2,1-5H3. The topological polar surface area (TPSA) is 26.0 Å². The van der Waals surface area contributed by atoms with E-state index in [0.717, 1.165) is 0 Å². The molecule has 1 nitrogen and oxygen atoms in total. The van der Waals surface area contributed by atoms with Gasteiger partial charge in [-0.25, -0.2) is 0 Å². The highest BCUT2D eigenvalue weighted by atomic mass is 31.1. The smallest absolute Gasteiger partial charge is 0.0204 e. The molecule has 0 spiro atoms. The number of nitrogens with two attached hydrogens (primary N) is 1. The molecule has 11 heavy (non-hydrogen) atoms. The van der Waals surface area contributed by atoms with Gasteiger partial charge in [-0.05, 0) is 45.9 Å². The summed E-state index contributed by atoms with van der Waals surface area (Å²) in [6.45, 7) is 11.4. The number of rotatable bonds is 4. The molecule has 0 heterocycles. The first-order valence-corrected chi connectivity index (χ1v) is 8.76. The Hall–Kier alpha value is 0.820. The van der Waals surface area contributed by atoms with E-state index >= 15 is 0 Å². The molecule has 0 aromatic rings. The van der Waals surface area contributed by atoms with Crippen molar-refractivity contribution in [2.45, 2.75) is 12.5 Å². The van der Waals surface area contributed by atoms with Gasteiger partial charge in [-0.2, -0.15) is 0 Å². The fourth-order valence-corrected chi connectivity index (χ4v) is 4.78. The van der Waals surface area contributed by atoms with E-state index in [2.05, 4.69) is 33.6 Å². The van der Waals surface area contributed by atoms with Gasteiger partial charge in [0, 0.05) is 5.54 Å². The van der Waals surface area contributed by atoms with Crippen molar-refractivity contribution in [3.63, 3.8) is 0 Å². The van der Waals surface area contributed by atoms with Gasteiger partial charge in [-0.15, -0.1) is 15.8 Å². The Bertz CT molecular complexity index is 98.7. The zero-order chi connectivity index (χ0) is 9.07. The van der Waals surface area contributed by atoms with Crippen LogP contribution in [0.2, 0.25) is 0 Å². The van der Waals surface area contributed by atoms with Gasteiger partial charge in [-0.1, -0.05) is 0 Å². The molecule has 0 atom stereocenters. The number of hydrogen-bond acceptors (Lipinski definition) is 1. The molecule has 0 bridgehead atoms. The minimum Gasteiger partial charge on any atom is -0.325 e. The van der Waals surface area contributed by atoms with Crippen molar-refractivity contribution in [1.29, 1.82) is 0 Å². The third kappa shape index (κ3) is 7.19. The highest BCUT2D eigenvalue weighted by molar-refractivity contribution is 7.57. The van der Waals surface area contributed by atoms with Crippen LogP contribution >= 0.6 is 15.8 Å². The first-order valence-electron chi connectivity index (χ1n) is 3.92. The van der Waals surface area contributed by atoms with E-state index in [9.17, 15) is 0 Å². The Kier molecular flexibility index (Phi) is 5.10. The maximum Gasteiger partial charge on any atom is 0.0204 e. The third-order valence-corrected chi connectivity index (χ3v) is 4.06. The highest BCUT2D eigenvalue weighted by Crippen LogP contribution is 2.35. The second-order valence-corrected chi connectivity index (χ2v) is 9.08. The summed E-state index contributed by atoms with van der Waals surface area (Å²) < 4.78 is 0. The molecule has 68 valence electrons. The molecule has 0 aromatic heterocycles. The van der Waals surface area contributed by atoms with Crippen LogP contribution in [0.25, 0.3) is 0 Å². The van der Waals surface area contributed by atoms with Crippen molar-refractivity contribution >= 4 is 15.8 Å². The summed E-state index contributed by atoms with van der Waals surface area (Å²) in [5.41, 5.74) is 6.25. The molecular weight excluding hydrogens is 172 g/mol. The molecule has 0 aliphatic heterocycles. The molecule has 0 saturated heterocycles. The van der Waals surface area contributed by atoms with Crippen LogP contribution in [0.4, 0.5) is 0 Å². The van der Waals surface area contributed by atoms with Gasteiger partial charge >= 0.3 is 0 Å². The molecule has 0 aliphatic carbocycles. The molecule has 0 aliphatic rings. The SMILES string of the molecule is CP(C)CC(C)(N)CP(C)C. The van der Waals surface area contributed by atoms with Gasteiger partial charge in [0.15, 0.2) is 0 Å². The Balaban J connectivity index is 3.79. The molecule has 0 rings (SSSR count). The predicted octanol–water partition coefficient (Wildman–Crippen LogP) is 2.19. The minimum atomic E-state index is 0.102. The summed E-state index contributed by atoms with van der Waals surface area (Å²) in [4.78, 5) is 0. The van der Waals surface area contributed by atoms with Crippen molar-refractivity contribution < 1.29 is 0 Å². The maximum absolute atomic E-state index is 6.15. The van der Waals surface area contributed by atoms with Gasteiger partial charge in [0.05, 0.1) is 0 Å².